The monoisotopic (exact) mass is 254 g/mol. The normalized spacial score (nSPS) is 31.5. The molecule has 0 aliphatic carbocycles. The van der Waals surface area contributed by atoms with E-state index < -0.39 is 24.2 Å². The van der Waals surface area contributed by atoms with Crippen LogP contribution in [0.1, 0.15) is 0 Å². The fourth-order valence-electron chi connectivity index (χ4n) is 1.76. The van der Waals surface area contributed by atoms with Crippen LogP contribution in [0.15, 0.2) is 0 Å². The first-order chi connectivity index (χ1) is 3.41. The Labute approximate surface area is 59.6 Å². The Morgan fingerprint density at radius 3 is 1.25 bits per heavy atom. The Morgan fingerprint density at radius 1 is 1.00 bits per heavy atom. The topological polar surface area (TPSA) is 0 Å². The maximum absolute atomic E-state index is 2.54. The third kappa shape index (κ3) is 1.71. The molecule has 1 heterocycles. The van der Waals surface area contributed by atoms with Crippen LogP contribution in [0.3, 0.4) is 0 Å². The van der Waals surface area contributed by atoms with Crippen molar-refractivity contribution in [2.75, 3.05) is 0 Å². The second kappa shape index (κ2) is 1.96. The van der Waals surface area contributed by atoms with Gasteiger partial charge < -0.3 is 0 Å². The number of rotatable bonds is 0. The molecule has 0 spiro atoms. The van der Waals surface area contributed by atoms with E-state index in [1.165, 1.54) is 0 Å². The van der Waals surface area contributed by atoms with E-state index in [1.807, 2.05) is 0 Å². The third-order valence-corrected chi connectivity index (χ3v) is 75.5. The molecule has 1 rings (SSSR count). The molecular weight excluding hydrogens is 237 g/mol. The third-order valence-electron chi connectivity index (χ3n) is 1.40. The first-order valence-corrected chi connectivity index (χ1v) is 20.4. The van der Waals surface area contributed by atoms with Crippen LogP contribution in [-0.2, 0) is 0 Å². The van der Waals surface area contributed by atoms with Crippen molar-refractivity contribution in [3.63, 3.8) is 0 Å². The van der Waals surface area contributed by atoms with Crippen LogP contribution in [0.5, 0.6) is 0 Å². The van der Waals surface area contributed by atoms with E-state index >= 15 is 0 Å². The Morgan fingerprint density at radius 2 is 1.25 bits per heavy atom. The molecule has 1 aliphatic heterocycles. The molecule has 3 heteroatoms. The molecule has 0 bridgehead atoms. The Bertz CT molecular complexity index is 87.0. The summed E-state index contributed by atoms with van der Waals surface area (Å²) in [5, 5.41) is 0. The Balaban J connectivity index is 2.42. The first-order valence-electron chi connectivity index (χ1n) is 3.12. The van der Waals surface area contributed by atoms with Crippen molar-refractivity contribution in [3.05, 3.63) is 0 Å². The molecule has 0 aromatic rings. The summed E-state index contributed by atoms with van der Waals surface area (Å²) in [7, 11) is 2.46. The molecule has 0 amide bonds. The van der Waals surface area contributed by atoms with Gasteiger partial charge in [0.1, 0.15) is 0 Å². The minimum atomic E-state index is -1.02. The fraction of sp³-hybridized carbons (Fsp3) is 1.00. The SMILES string of the molecule is [CH3][Ge]1([CH3])[CH2][Ge]([CH3])([CH3])[S]1. The zero-order chi connectivity index (χ0) is 6.41. The summed E-state index contributed by atoms with van der Waals surface area (Å²) in [5.41, 5.74) is 0. The molecule has 1 saturated heterocycles. The summed E-state index contributed by atoms with van der Waals surface area (Å²) in [6, 6.07) is 0. The van der Waals surface area contributed by atoms with Crippen LogP contribution >= 0.6 is 8.41 Å². The van der Waals surface area contributed by atoms with Gasteiger partial charge in [-0.1, -0.05) is 0 Å². The molecule has 0 atom stereocenters. The van der Waals surface area contributed by atoms with E-state index in [0.717, 1.165) is 0 Å². The van der Waals surface area contributed by atoms with Crippen LogP contribution in [0.2, 0.25) is 27.1 Å². The zero-order valence-electron chi connectivity index (χ0n) is 6.12. The van der Waals surface area contributed by atoms with Gasteiger partial charge in [-0.3, -0.25) is 0 Å². The van der Waals surface area contributed by atoms with Crippen molar-refractivity contribution < 1.29 is 0 Å². The molecule has 0 N–H and O–H groups in total. The molecular formula is C5H14Ge2S. The van der Waals surface area contributed by atoms with E-state index in [1.54, 1.807) is 4.09 Å². The molecule has 0 nitrogen and oxygen atoms in total. The van der Waals surface area contributed by atoms with E-state index in [0.29, 0.717) is 0 Å². The standard InChI is InChI=1S/C5H14Ge2S/c1-6(2)5-7(3,4)8-6/h5H2,1-4H3. The molecule has 48 valence electrons. The van der Waals surface area contributed by atoms with Gasteiger partial charge >= 0.3 is 59.8 Å². The van der Waals surface area contributed by atoms with Gasteiger partial charge in [-0.2, -0.15) is 0 Å². The molecule has 1 aliphatic rings. The first kappa shape index (κ1) is 7.54. The minimum absolute atomic E-state index is 1.02. The molecule has 0 aromatic heterocycles. The van der Waals surface area contributed by atoms with E-state index in [9.17, 15) is 0 Å². The molecule has 0 radical (unpaired) electrons. The second-order valence-corrected chi connectivity index (χ2v) is 42.8. The van der Waals surface area contributed by atoms with Gasteiger partial charge in [0, 0.05) is 0 Å². The van der Waals surface area contributed by atoms with Crippen LogP contribution < -0.4 is 0 Å². The number of hydrogen-bond acceptors (Lipinski definition) is 1. The average molecular weight is 251 g/mol. The summed E-state index contributed by atoms with van der Waals surface area (Å²) in [6.07, 6.45) is 0. The molecule has 1 fully saturated rings. The van der Waals surface area contributed by atoms with Gasteiger partial charge in [0.05, 0.1) is 0 Å². The summed E-state index contributed by atoms with van der Waals surface area (Å²) in [5.74, 6) is 10.2. The maximum atomic E-state index is 2.54. The summed E-state index contributed by atoms with van der Waals surface area (Å²) in [6.45, 7) is 0. The predicted molar refractivity (Wildman–Crippen MR) is 47.4 cm³/mol. The summed E-state index contributed by atoms with van der Waals surface area (Å²) < 4.78 is 1.74. The van der Waals surface area contributed by atoms with Gasteiger partial charge in [0.25, 0.3) is 0 Å². The number of hydrogen-bond donors (Lipinski definition) is 0. The van der Waals surface area contributed by atoms with E-state index in [-0.39, 0.29) is 0 Å². The van der Waals surface area contributed by atoms with Gasteiger partial charge in [-0.15, -0.1) is 0 Å². The van der Waals surface area contributed by atoms with Gasteiger partial charge in [0.15, 0.2) is 0 Å². The van der Waals surface area contributed by atoms with Crippen molar-refractivity contribution in [3.8, 4) is 0 Å². The van der Waals surface area contributed by atoms with Crippen LogP contribution in [0.4, 0.5) is 0 Å². The van der Waals surface area contributed by atoms with Gasteiger partial charge in [-0.25, -0.2) is 0 Å². The molecule has 0 aromatic carbocycles. The van der Waals surface area contributed by atoms with Crippen molar-refractivity contribution in [1.29, 1.82) is 0 Å². The quantitative estimate of drug-likeness (QED) is 0.597. The van der Waals surface area contributed by atoms with Crippen molar-refractivity contribution in [2.24, 2.45) is 0 Å². The zero-order valence-corrected chi connectivity index (χ0v) is 11.1. The van der Waals surface area contributed by atoms with Gasteiger partial charge in [-0.05, 0) is 0 Å². The molecule has 0 saturated carbocycles. The Kier molecular flexibility index (Phi) is 1.85. The van der Waals surface area contributed by atoms with Crippen molar-refractivity contribution in [1.82, 2.24) is 0 Å². The summed E-state index contributed by atoms with van der Waals surface area (Å²) >= 11 is -2.04. The average Bonchev–Trinajstić information content (AvgIpc) is 1.20. The fourth-order valence-corrected chi connectivity index (χ4v) is 105. The second-order valence-electron chi connectivity index (χ2n) is 3.80. The molecule has 8 heavy (non-hydrogen) atoms. The van der Waals surface area contributed by atoms with Crippen LogP contribution in [-0.4, -0.2) is 24.2 Å². The van der Waals surface area contributed by atoms with Gasteiger partial charge in [0.2, 0.25) is 0 Å². The van der Waals surface area contributed by atoms with E-state index in [2.05, 4.69) is 31.4 Å². The van der Waals surface area contributed by atoms with Crippen LogP contribution in [0.25, 0.3) is 0 Å². The van der Waals surface area contributed by atoms with Crippen LogP contribution in [0, 0.1) is 0 Å². The van der Waals surface area contributed by atoms with Crippen molar-refractivity contribution in [2.45, 2.75) is 27.1 Å². The summed E-state index contributed by atoms with van der Waals surface area (Å²) in [4.78, 5) is 0. The Hall–Kier alpha value is 1.44. The van der Waals surface area contributed by atoms with E-state index in [4.69, 9.17) is 0 Å². The van der Waals surface area contributed by atoms with Crippen molar-refractivity contribution >= 4 is 32.7 Å². The predicted octanol–water partition coefficient (Wildman–Crippen LogP) is 2.68. The molecule has 0 unspecified atom stereocenters.